The van der Waals surface area contributed by atoms with E-state index < -0.39 is 0 Å². The first-order valence-electron chi connectivity index (χ1n) is 8.50. The van der Waals surface area contributed by atoms with Gasteiger partial charge in [-0.3, -0.25) is 4.79 Å². The third kappa shape index (κ3) is 4.82. The molecule has 2 heterocycles. The van der Waals surface area contributed by atoms with Crippen LogP contribution in [0, 0.1) is 6.92 Å². The number of aromatic nitrogens is 2. The van der Waals surface area contributed by atoms with Gasteiger partial charge in [0.05, 0.1) is 0 Å². The summed E-state index contributed by atoms with van der Waals surface area (Å²) in [5, 5.41) is 6.66. The Bertz CT molecular complexity index is 729. The maximum atomic E-state index is 12.0. The van der Waals surface area contributed by atoms with Crippen LogP contribution in [0.2, 0.25) is 5.02 Å². The number of rotatable bonds is 6. The third-order valence-corrected chi connectivity index (χ3v) is 4.32. The van der Waals surface area contributed by atoms with Gasteiger partial charge in [-0.2, -0.15) is 4.98 Å². The van der Waals surface area contributed by atoms with Gasteiger partial charge in [0.25, 0.3) is 5.91 Å². The van der Waals surface area contributed by atoms with E-state index in [0.29, 0.717) is 29.6 Å². The van der Waals surface area contributed by atoms with Gasteiger partial charge >= 0.3 is 0 Å². The van der Waals surface area contributed by atoms with Crippen molar-refractivity contribution in [3.8, 4) is 0 Å². The van der Waals surface area contributed by atoms with Gasteiger partial charge in [-0.25, -0.2) is 4.98 Å². The molecular formula is C18H22ClN5O. The molecule has 7 heteroatoms. The number of carbonyl (C=O) groups is 1. The average molecular weight is 360 g/mol. The van der Waals surface area contributed by atoms with Crippen LogP contribution in [-0.4, -0.2) is 42.1 Å². The number of halogens is 1. The zero-order valence-electron chi connectivity index (χ0n) is 14.3. The van der Waals surface area contributed by atoms with Crippen molar-refractivity contribution in [2.45, 2.75) is 19.8 Å². The minimum atomic E-state index is -0.124. The lowest BCUT2D eigenvalue weighted by Gasteiger charge is -2.17. The highest BCUT2D eigenvalue weighted by Crippen LogP contribution is 2.19. The van der Waals surface area contributed by atoms with Gasteiger partial charge in [-0.05, 0) is 44.0 Å². The van der Waals surface area contributed by atoms with Crippen LogP contribution in [0.3, 0.4) is 0 Å². The van der Waals surface area contributed by atoms with E-state index in [2.05, 4.69) is 25.5 Å². The lowest BCUT2D eigenvalue weighted by Crippen LogP contribution is -2.29. The summed E-state index contributed by atoms with van der Waals surface area (Å²) >= 11 is 5.82. The molecule has 25 heavy (non-hydrogen) atoms. The van der Waals surface area contributed by atoms with Crippen molar-refractivity contribution in [3.63, 3.8) is 0 Å². The molecule has 1 aliphatic rings. The second-order valence-corrected chi connectivity index (χ2v) is 6.51. The fourth-order valence-corrected chi connectivity index (χ4v) is 2.92. The zero-order chi connectivity index (χ0) is 17.6. The number of nitrogens with one attached hydrogen (secondary N) is 2. The van der Waals surface area contributed by atoms with Crippen LogP contribution in [0.15, 0.2) is 30.3 Å². The predicted octanol–water partition coefficient (Wildman–Crippen LogP) is 2.88. The summed E-state index contributed by atoms with van der Waals surface area (Å²) < 4.78 is 0. The van der Waals surface area contributed by atoms with Gasteiger partial charge in [0, 0.05) is 48.5 Å². The molecule has 0 radical (unpaired) electrons. The van der Waals surface area contributed by atoms with E-state index in [1.807, 2.05) is 13.0 Å². The van der Waals surface area contributed by atoms with Gasteiger partial charge in [0.2, 0.25) is 5.95 Å². The molecule has 2 N–H and O–H groups in total. The van der Waals surface area contributed by atoms with Crippen molar-refractivity contribution >= 4 is 29.3 Å². The highest BCUT2D eigenvalue weighted by atomic mass is 35.5. The SMILES string of the molecule is Cc1cc(N2CCCC2)nc(NCCNC(=O)c2ccc(Cl)cc2)n1. The normalized spacial score (nSPS) is 13.8. The molecule has 3 rings (SSSR count). The van der Waals surface area contributed by atoms with Gasteiger partial charge in [0.1, 0.15) is 5.82 Å². The number of nitrogens with zero attached hydrogens (tertiary/aromatic N) is 3. The van der Waals surface area contributed by atoms with Crippen LogP contribution >= 0.6 is 11.6 Å². The van der Waals surface area contributed by atoms with E-state index in [1.165, 1.54) is 12.8 Å². The molecule has 6 nitrogen and oxygen atoms in total. The largest absolute Gasteiger partial charge is 0.356 e. The van der Waals surface area contributed by atoms with Crippen molar-refractivity contribution in [2.75, 3.05) is 36.4 Å². The first-order chi connectivity index (χ1) is 12.1. The molecule has 132 valence electrons. The van der Waals surface area contributed by atoms with E-state index in [1.54, 1.807) is 24.3 Å². The van der Waals surface area contributed by atoms with E-state index in [4.69, 9.17) is 11.6 Å². The minimum Gasteiger partial charge on any atom is -0.356 e. The van der Waals surface area contributed by atoms with Crippen molar-refractivity contribution in [2.24, 2.45) is 0 Å². The Morgan fingerprint density at radius 2 is 1.88 bits per heavy atom. The predicted molar refractivity (Wildman–Crippen MR) is 100 cm³/mol. The number of carbonyl (C=O) groups excluding carboxylic acids is 1. The van der Waals surface area contributed by atoms with E-state index in [0.717, 1.165) is 24.6 Å². The molecule has 1 aliphatic heterocycles. The first-order valence-corrected chi connectivity index (χ1v) is 8.88. The minimum absolute atomic E-state index is 0.124. The number of hydrogen-bond donors (Lipinski definition) is 2. The molecule has 1 aromatic heterocycles. The standard InChI is InChI=1S/C18H22ClN5O/c1-13-12-16(24-10-2-3-11-24)23-18(22-13)21-9-8-20-17(25)14-4-6-15(19)7-5-14/h4-7,12H,2-3,8-11H2,1H3,(H,20,25)(H,21,22,23). The molecule has 0 saturated carbocycles. The molecule has 0 atom stereocenters. The Morgan fingerprint density at radius 1 is 1.16 bits per heavy atom. The Hall–Kier alpha value is -2.34. The lowest BCUT2D eigenvalue weighted by molar-refractivity contribution is 0.0955. The highest BCUT2D eigenvalue weighted by Gasteiger charge is 2.15. The average Bonchev–Trinajstić information content (AvgIpc) is 3.13. The first kappa shape index (κ1) is 17.5. The van der Waals surface area contributed by atoms with Crippen molar-refractivity contribution < 1.29 is 4.79 Å². The number of anilines is 2. The molecule has 2 aromatic rings. The van der Waals surface area contributed by atoms with Gasteiger partial charge in [-0.15, -0.1) is 0 Å². The molecule has 1 aromatic carbocycles. The van der Waals surface area contributed by atoms with Gasteiger partial charge in [-0.1, -0.05) is 11.6 Å². The van der Waals surface area contributed by atoms with Crippen LogP contribution in [0.5, 0.6) is 0 Å². The quantitative estimate of drug-likeness (QED) is 0.776. The summed E-state index contributed by atoms with van der Waals surface area (Å²) in [6.45, 7) is 5.11. The van der Waals surface area contributed by atoms with Gasteiger partial charge < -0.3 is 15.5 Å². The van der Waals surface area contributed by atoms with Crippen LogP contribution in [0.25, 0.3) is 0 Å². The molecule has 1 amide bonds. The molecule has 1 fully saturated rings. The fraction of sp³-hybridized carbons (Fsp3) is 0.389. The molecular weight excluding hydrogens is 338 g/mol. The third-order valence-electron chi connectivity index (χ3n) is 4.07. The molecule has 0 bridgehead atoms. The summed E-state index contributed by atoms with van der Waals surface area (Å²) in [6, 6.07) is 8.83. The Kier molecular flexibility index (Phi) is 5.71. The molecule has 1 saturated heterocycles. The summed E-state index contributed by atoms with van der Waals surface area (Å²) in [7, 11) is 0. The second kappa shape index (κ2) is 8.16. The Balaban J connectivity index is 1.50. The monoisotopic (exact) mass is 359 g/mol. The Morgan fingerprint density at radius 3 is 2.60 bits per heavy atom. The maximum Gasteiger partial charge on any atom is 0.251 e. The molecule has 0 spiro atoms. The van der Waals surface area contributed by atoms with Crippen molar-refractivity contribution in [3.05, 3.63) is 46.6 Å². The maximum absolute atomic E-state index is 12.0. The van der Waals surface area contributed by atoms with Crippen LogP contribution in [0.1, 0.15) is 28.9 Å². The number of hydrogen-bond acceptors (Lipinski definition) is 5. The number of aryl methyl sites for hydroxylation is 1. The fourth-order valence-electron chi connectivity index (χ4n) is 2.79. The highest BCUT2D eigenvalue weighted by molar-refractivity contribution is 6.30. The summed E-state index contributed by atoms with van der Waals surface area (Å²) in [5.74, 6) is 1.45. The Labute approximate surface area is 152 Å². The number of amides is 1. The van der Waals surface area contributed by atoms with Crippen LogP contribution < -0.4 is 15.5 Å². The van der Waals surface area contributed by atoms with Crippen molar-refractivity contribution in [1.82, 2.24) is 15.3 Å². The summed E-state index contributed by atoms with van der Waals surface area (Å²) in [4.78, 5) is 23.3. The van der Waals surface area contributed by atoms with Crippen LogP contribution in [0.4, 0.5) is 11.8 Å². The lowest BCUT2D eigenvalue weighted by atomic mass is 10.2. The van der Waals surface area contributed by atoms with E-state index in [9.17, 15) is 4.79 Å². The smallest absolute Gasteiger partial charge is 0.251 e. The zero-order valence-corrected chi connectivity index (χ0v) is 15.0. The van der Waals surface area contributed by atoms with Gasteiger partial charge in [0.15, 0.2) is 0 Å². The van der Waals surface area contributed by atoms with E-state index in [-0.39, 0.29) is 5.91 Å². The number of benzene rings is 1. The summed E-state index contributed by atoms with van der Waals surface area (Å²) in [5.41, 5.74) is 1.53. The second-order valence-electron chi connectivity index (χ2n) is 6.07. The van der Waals surface area contributed by atoms with Crippen molar-refractivity contribution in [1.29, 1.82) is 0 Å². The topological polar surface area (TPSA) is 70.2 Å². The molecule has 0 unspecified atom stereocenters. The molecule has 0 aliphatic carbocycles. The summed E-state index contributed by atoms with van der Waals surface area (Å²) in [6.07, 6.45) is 2.42. The van der Waals surface area contributed by atoms with E-state index >= 15 is 0 Å². The van der Waals surface area contributed by atoms with Crippen LogP contribution in [-0.2, 0) is 0 Å².